The lowest BCUT2D eigenvalue weighted by Gasteiger charge is -2.08. The quantitative estimate of drug-likeness (QED) is 0.391. The predicted molar refractivity (Wildman–Crippen MR) is 119 cm³/mol. The molecule has 0 bridgehead atoms. The number of ether oxygens (including phenoxy) is 1. The summed E-state index contributed by atoms with van der Waals surface area (Å²) in [6, 6.07) is 19.1. The zero-order chi connectivity index (χ0) is 23.1. The van der Waals surface area contributed by atoms with Gasteiger partial charge in [0.2, 0.25) is 10.0 Å². The number of nitrogens with zero attached hydrogens (tertiary/aromatic N) is 2. The van der Waals surface area contributed by atoms with E-state index < -0.39 is 28.5 Å². The number of amides is 1. The van der Waals surface area contributed by atoms with Crippen molar-refractivity contribution < 1.29 is 22.7 Å². The Hall–Kier alpha value is -3.60. The Balaban J connectivity index is 1.56. The smallest absolute Gasteiger partial charge is 0.340 e. The highest BCUT2D eigenvalue weighted by molar-refractivity contribution is 7.89. The van der Waals surface area contributed by atoms with Crippen LogP contribution in [0.15, 0.2) is 87.9 Å². The summed E-state index contributed by atoms with van der Waals surface area (Å²) in [5, 5.41) is 15.8. The van der Waals surface area contributed by atoms with E-state index in [-0.39, 0.29) is 15.5 Å². The molecule has 3 aromatic rings. The molecule has 0 radical (unpaired) electrons. The van der Waals surface area contributed by atoms with E-state index in [1.807, 2.05) is 30.3 Å². The average molecular weight is 473 g/mol. The van der Waals surface area contributed by atoms with E-state index in [1.165, 1.54) is 6.07 Å². The third-order valence-electron chi connectivity index (χ3n) is 4.01. The van der Waals surface area contributed by atoms with Gasteiger partial charge in [-0.2, -0.15) is 10.2 Å². The minimum Gasteiger partial charge on any atom is -0.452 e. The SMILES string of the molecule is NS(=O)(=O)c1ccc(Cl)c(C(=O)OCC(=O)Nc2ccc(N=Nc3ccccc3)cc2)c1. The molecule has 0 heterocycles. The molecule has 9 nitrogen and oxygen atoms in total. The monoisotopic (exact) mass is 472 g/mol. The zero-order valence-corrected chi connectivity index (χ0v) is 18.0. The second-order valence-electron chi connectivity index (χ2n) is 6.39. The van der Waals surface area contributed by atoms with Gasteiger partial charge in [-0.3, -0.25) is 4.79 Å². The van der Waals surface area contributed by atoms with Gasteiger partial charge in [-0.1, -0.05) is 29.8 Å². The molecule has 3 rings (SSSR count). The number of sulfonamides is 1. The Labute approximate surface area is 188 Å². The summed E-state index contributed by atoms with van der Waals surface area (Å²) < 4.78 is 27.8. The van der Waals surface area contributed by atoms with Gasteiger partial charge in [0.15, 0.2) is 6.61 Å². The molecule has 0 aliphatic carbocycles. The first-order valence-corrected chi connectivity index (χ1v) is 11.0. The zero-order valence-electron chi connectivity index (χ0n) is 16.4. The first kappa shape index (κ1) is 23.1. The molecular formula is C21H17ClN4O5S. The molecule has 164 valence electrons. The fourth-order valence-corrected chi connectivity index (χ4v) is 3.20. The third kappa shape index (κ3) is 6.45. The number of anilines is 1. The Morgan fingerprint density at radius 1 is 0.938 bits per heavy atom. The molecule has 3 aromatic carbocycles. The molecule has 0 aliphatic rings. The molecule has 0 aromatic heterocycles. The summed E-state index contributed by atoms with van der Waals surface area (Å²) in [5.41, 5.74) is 1.53. The van der Waals surface area contributed by atoms with Gasteiger partial charge in [-0.05, 0) is 54.6 Å². The van der Waals surface area contributed by atoms with Gasteiger partial charge in [-0.25, -0.2) is 18.4 Å². The summed E-state index contributed by atoms with van der Waals surface area (Å²) >= 11 is 5.91. The van der Waals surface area contributed by atoms with E-state index in [0.717, 1.165) is 12.1 Å². The van der Waals surface area contributed by atoms with Crippen molar-refractivity contribution in [2.45, 2.75) is 4.90 Å². The third-order valence-corrected chi connectivity index (χ3v) is 5.25. The standard InChI is InChI=1S/C21H17ClN4O5S/c22-19-11-10-17(32(23,29)30)12-18(19)21(28)31-13-20(27)24-14-6-8-16(9-7-14)26-25-15-4-2-1-3-5-15/h1-12H,13H2,(H,24,27)(H2,23,29,30). The molecule has 0 unspecified atom stereocenters. The van der Waals surface area contributed by atoms with Crippen molar-refractivity contribution in [1.29, 1.82) is 0 Å². The van der Waals surface area contributed by atoms with Crippen LogP contribution in [0.3, 0.4) is 0 Å². The van der Waals surface area contributed by atoms with Crippen molar-refractivity contribution in [1.82, 2.24) is 0 Å². The first-order chi connectivity index (χ1) is 15.2. The van der Waals surface area contributed by atoms with Gasteiger partial charge in [0, 0.05) is 5.69 Å². The van der Waals surface area contributed by atoms with Crippen LogP contribution in [0, 0.1) is 0 Å². The van der Waals surface area contributed by atoms with Crippen molar-refractivity contribution in [3.63, 3.8) is 0 Å². The number of esters is 1. The summed E-state index contributed by atoms with van der Waals surface area (Å²) in [7, 11) is -4.03. The van der Waals surface area contributed by atoms with Crippen molar-refractivity contribution in [3.8, 4) is 0 Å². The molecule has 0 fully saturated rings. The lowest BCUT2D eigenvalue weighted by atomic mass is 10.2. The van der Waals surface area contributed by atoms with Crippen LogP contribution in [-0.2, 0) is 19.6 Å². The summed E-state index contributed by atoms with van der Waals surface area (Å²) in [4.78, 5) is 24.0. The second kappa shape index (κ2) is 10.1. The van der Waals surface area contributed by atoms with E-state index in [1.54, 1.807) is 24.3 Å². The fraction of sp³-hybridized carbons (Fsp3) is 0.0476. The van der Waals surface area contributed by atoms with Crippen LogP contribution < -0.4 is 10.5 Å². The van der Waals surface area contributed by atoms with E-state index in [2.05, 4.69) is 15.5 Å². The Kier molecular flexibility index (Phi) is 7.31. The maximum Gasteiger partial charge on any atom is 0.340 e. The Morgan fingerprint density at radius 3 is 2.19 bits per heavy atom. The van der Waals surface area contributed by atoms with E-state index in [4.69, 9.17) is 21.5 Å². The van der Waals surface area contributed by atoms with Crippen molar-refractivity contribution in [3.05, 3.63) is 83.4 Å². The fourth-order valence-electron chi connectivity index (χ4n) is 2.47. The van der Waals surface area contributed by atoms with Crippen LogP contribution in [-0.4, -0.2) is 26.9 Å². The Bertz CT molecular complexity index is 1260. The number of benzene rings is 3. The average Bonchev–Trinajstić information content (AvgIpc) is 2.77. The molecule has 32 heavy (non-hydrogen) atoms. The maximum absolute atomic E-state index is 12.2. The number of primary sulfonamides is 1. The number of rotatable bonds is 7. The first-order valence-electron chi connectivity index (χ1n) is 9.08. The van der Waals surface area contributed by atoms with Gasteiger partial charge in [-0.15, -0.1) is 0 Å². The number of halogens is 1. The number of carbonyl (C=O) groups excluding carboxylic acids is 2. The number of hydrogen-bond acceptors (Lipinski definition) is 7. The number of hydrogen-bond donors (Lipinski definition) is 2. The van der Waals surface area contributed by atoms with Crippen LogP contribution in [0.1, 0.15) is 10.4 Å². The normalized spacial score (nSPS) is 11.3. The Morgan fingerprint density at radius 2 is 1.56 bits per heavy atom. The van der Waals surface area contributed by atoms with Gasteiger partial charge >= 0.3 is 5.97 Å². The lowest BCUT2D eigenvalue weighted by molar-refractivity contribution is -0.119. The minimum atomic E-state index is -4.03. The van der Waals surface area contributed by atoms with E-state index >= 15 is 0 Å². The van der Waals surface area contributed by atoms with Gasteiger partial charge in [0.1, 0.15) is 0 Å². The molecule has 3 N–H and O–H groups in total. The van der Waals surface area contributed by atoms with E-state index in [0.29, 0.717) is 17.1 Å². The van der Waals surface area contributed by atoms with Crippen molar-refractivity contribution in [2.24, 2.45) is 15.4 Å². The van der Waals surface area contributed by atoms with Crippen molar-refractivity contribution >= 4 is 50.6 Å². The summed E-state index contributed by atoms with van der Waals surface area (Å²) in [6.07, 6.45) is 0. The van der Waals surface area contributed by atoms with Crippen LogP contribution in [0.25, 0.3) is 0 Å². The number of nitrogens with one attached hydrogen (secondary N) is 1. The molecule has 0 aliphatic heterocycles. The summed E-state index contributed by atoms with van der Waals surface area (Å²) in [6.45, 7) is -0.607. The molecule has 0 spiro atoms. The highest BCUT2D eigenvalue weighted by Crippen LogP contribution is 2.22. The van der Waals surface area contributed by atoms with Crippen LogP contribution >= 0.6 is 11.6 Å². The number of nitrogens with two attached hydrogens (primary N) is 1. The van der Waals surface area contributed by atoms with Crippen LogP contribution in [0.2, 0.25) is 5.02 Å². The number of carbonyl (C=O) groups is 2. The van der Waals surface area contributed by atoms with Crippen molar-refractivity contribution in [2.75, 3.05) is 11.9 Å². The molecule has 1 amide bonds. The van der Waals surface area contributed by atoms with Crippen LogP contribution in [0.5, 0.6) is 0 Å². The highest BCUT2D eigenvalue weighted by Gasteiger charge is 2.18. The predicted octanol–water partition coefficient (Wildman–Crippen LogP) is 4.20. The number of azo groups is 1. The van der Waals surface area contributed by atoms with Gasteiger partial charge in [0.05, 0.1) is 26.9 Å². The van der Waals surface area contributed by atoms with E-state index in [9.17, 15) is 18.0 Å². The molecule has 0 atom stereocenters. The largest absolute Gasteiger partial charge is 0.452 e. The van der Waals surface area contributed by atoms with Gasteiger partial charge in [0.25, 0.3) is 5.91 Å². The molecule has 0 saturated heterocycles. The van der Waals surface area contributed by atoms with Gasteiger partial charge < -0.3 is 10.1 Å². The molecule has 0 saturated carbocycles. The molecule has 11 heteroatoms. The molecular weight excluding hydrogens is 456 g/mol. The maximum atomic E-state index is 12.2. The second-order valence-corrected chi connectivity index (χ2v) is 8.36. The highest BCUT2D eigenvalue weighted by atomic mass is 35.5. The summed E-state index contributed by atoms with van der Waals surface area (Å²) in [5.74, 6) is -1.57. The topological polar surface area (TPSA) is 140 Å². The van der Waals surface area contributed by atoms with Crippen LogP contribution in [0.4, 0.5) is 17.1 Å². The lowest BCUT2D eigenvalue weighted by Crippen LogP contribution is -2.21. The minimum absolute atomic E-state index is 0.0388.